The average molecular weight is 418 g/mol. The van der Waals surface area contributed by atoms with E-state index in [1.165, 1.54) is 12.1 Å². The summed E-state index contributed by atoms with van der Waals surface area (Å²) in [7, 11) is 0. The lowest BCUT2D eigenvalue weighted by Crippen LogP contribution is -2.48. The molecule has 1 unspecified atom stereocenters. The normalized spacial score (nSPS) is 21.2. The zero-order chi connectivity index (χ0) is 20.4. The summed E-state index contributed by atoms with van der Waals surface area (Å²) in [5.41, 5.74) is 1.54. The Morgan fingerprint density at radius 3 is 2.24 bits per heavy atom. The van der Waals surface area contributed by atoms with Crippen molar-refractivity contribution in [2.45, 2.75) is 31.6 Å². The summed E-state index contributed by atoms with van der Waals surface area (Å²) in [6.07, 6.45) is 1.73. The zero-order valence-corrected chi connectivity index (χ0v) is 17.2. The van der Waals surface area contributed by atoms with Crippen LogP contribution >= 0.6 is 11.6 Å². The molecule has 154 valence electrons. The summed E-state index contributed by atoms with van der Waals surface area (Å²) in [5.74, 6) is -0.847. The van der Waals surface area contributed by atoms with Crippen molar-refractivity contribution in [2.75, 3.05) is 26.3 Å². The number of hydrogen-bond acceptors (Lipinski definition) is 4. The van der Waals surface area contributed by atoms with Crippen molar-refractivity contribution in [3.8, 4) is 0 Å². The SMILES string of the molecule is CC(C(=O)c1ccc(F)cc1)N1CCC(C2(c3ccc(Cl)cc3)OCCO2)CC1. The van der Waals surface area contributed by atoms with Crippen LogP contribution in [0.15, 0.2) is 48.5 Å². The topological polar surface area (TPSA) is 38.8 Å². The highest BCUT2D eigenvalue weighted by atomic mass is 35.5. The van der Waals surface area contributed by atoms with Gasteiger partial charge >= 0.3 is 0 Å². The summed E-state index contributed by atoms with van der Waals surface area (Å²) >= 11 is 6.05. The van der Waals surface area contributed by atoms with Gasteiger partial charge in [-0.15, -0.1) is 0 Å². The van der Waals surface area contributed by atoms with E-state index in [4.69, 9.17) is 21.1 Å². The molecule has 4 rings (SSSR count). The third-order valence-electron chi connectivity index (χ3n) is 6.09. The van der Waals surface area contributed by atoms with Gasteiger partial charge in [0.1, 0.15) is 5.82 Å². The van der Waals surface area contributed by atoms with Crippen LogP contribution in [0.5, 0.6) is 0 Å². The van der Waals surface area contributed by atoms with Crippen molar-refractivity contribution in [3.63, 3.8) is 0 Å². The van der Waals surface area contributed by atoms with Crippen molar-refractivity contribution < 1.29 is 18.7 Å². The second-order valence-electron chi connectivity index (χ2n) is 7.73. The van der Waals surface area contributed by atoms with Crippen LogP contribution in [0.2, 0.25) is 5.02 Å². The Morgan fingerprint density at radius 2 is 1.66 bits per heavy atom. The van der Waals surface area contributed by atoms with Crippen LogP contribution in [-0.4, -0.2) is 43.0 Å². The van der Waals surface area contributed by atoms with Crippen LogP contribution in [0.1, 0.15) is 35.7 Å². The second-order valence-corrected chi connectivity index (χ2v) is 8.17. The number of piperidine rings is 1. The van der Waals surface area contributed by atoms with Gasteiger partial charge < -0.3 is 9.47 Å². The molecule has 1 atom stereocenters. The number of halogens is 2. The maximum absolute atomic E-state index is 13.1. The van der Waals surface area contributed by atoms with Gasteiger partial charge in [-0.3, -0.25) is 9.69 Å². The molecule has 0 aliphatic carbocycles. The number of carbonyl (C=O) groups excluding carboxylic acids is 1. The number of likely N-dealkylation sites (tertiary alicyclic amines) is 1. The molecule has 2 aliphatic rings. The summed E-state index contributed by atoms with van der Waals surface area (Å²) in [4.78, 5) is 15.0. The van der Waals surface area contributed by atoms with Crippen molar-refractivity contribution in [2.24, 2.45) is 5.92 Å². The third-order valence-corrected chi connectivity index (χ3v) is 6.34. The monoisotopic (exact) mass is 417 g/mol. The Bertz CT molecular complexity index is 841. The van der Waals surface area contributed by atoms with E-state index in [-0.39, 0.29) is 23.6 Å². The number of nitrogens with zero attached hydrogens (tertiary/aromatic N) is 1. The largest absolute Gasteiger partial charge is 0.343 e. The van der Waals surface area contributed by atoms with Crippen LogP contribution in [-0.2, 0) is 15.3 Å². The second kappa shape index (κ2) is 8.52. The highest BCUT2D eigenvalue weighted by Crippen LogP contribution is 2.44. The van der Waals surface area contributed by atoms with Gasteiger partial charge in [0.15, 0.2) is 11.6 Å². The van der Waals surface area contributed by atoms with Crippen LogP contribution in [0.4, 0.5) is 4.39 Å². The molecule has 4 nitrogen and oxygen atoms in total. The molecular formula is C23H25ClFNO3. The maximum atomic E-state index is 13.1. The van der Waals surface area contributed by atoms with E-state index in [1.54, 1.807) is 12.1 Å². The van der Waals surface area contributed by atoms with E-state index in [9.17, 15) is 9.18 Å². The smallest absolute Gasteiger partial charge is 0.197 e. The van der Waals surface area contributed by atoms with Gasteiger partial charge in [0.25, 0.3) is 0 Å². The summed E-state index contributed by atoms with van der Waals surface area (Å²) in [5, 5.41) is 0.685. The van der Waals surface area contributed by atoms with Crippen molar-refractivity contribution in [1.82, 2.24) is 4.90 Å². The molecular weight excluding hydrogens is 393 g/mol. The highest BCUT2D eigenvalue weighted by molar-refractivity contribution is 6.30. The number of carbonyl (C=O) groups is 1. The van der Waals surface area contributed by atoms with Gasteiger partial charge in [0.05, 0.1) is 19.3 Å². The van der Waals surface area contributed by atoms with Gasteiger partial charge in [0, 0.05) is 22.1 Å². The fourth-order valence-corrected chi connectivity index (χ4v) is 4.56. The summed E-state index contributed by atoms with van der Waals surface area (Å²) in [6.45, 7) is 4.62. The van der Waals surface area contributed by atoms with Gasteiger partial charge in [-0.05, 0) is 69.3 Å². The van der Waals surface area contributed by atoms with Crippen LogP contribution in [0.3, 0.4) is 0 Å². The van der Waals surface area contributed by atoms with Gasteiger partial charge in [-0.2, -0.15) is 0 Å². The molecule has 2 aromatic rings. The first kappa shape index (κ1) is 20.5. The van der Waals surface area contributed by atoms with E-state index in [2.05, 4.69) is 4.90 Å². The molecule has 0 aromatic heterocycles. The molecule has 2 fully saturated rings. The molecule has 0 bridgehead atoms. The number of benzene rings is 2. The van der Waals surface area contributed by atoms with Gasteiger partial charge in [-0.1, -0.05) is 23.7 Å². The van der Waals surface area contributed by atoms with E-state index >= 15 is 0 Å². The molecule has 0 radical (unpaired) electrons. The Balaban J connectivity index is 1.44. The van der Waals surface area contributed by atoms with Crippen LogP contribution < -0.4 is 0 Å². The molecule has 2 aromatic carbocycles. The number of Topliss-reactive ketones (excluding diaryl/α,β-unsaturated/α-hetero) is 1. The maximum Gasteiger partial charge on any atom is 0.197 e. The highest BCUT2D eigenvalue weighted by Gasteiger charge is 2.47. The average Bonchev–Trinajstić information content (AvgIpc) is 3.25. The van der Waals surface area contributed by atoms with Crippen LogP contribution in [0, 0.1) is 11.7 Å². The van der Waals surface area contributed by atoms with E-state index in [1.807, 2.05) is 31.2 Å². The van der Waals surface area contributed by atoms with Crippen molar-refractivity contribution in [1.29, 1.82) is 0 Å². The fourth-order valence-electron chi connectivity index (χ4n) is 4.44. The molecule has 2 aliphatic heterocycles. The molecule has 2 saturated heterocycles. The van der Waals surface area contributed by atoms with E-state index in [0.717, 1.165) is 31.5 Å². The minimum absolute atomic E-state index is 0.0178. The predicted molar refractivity (Wildman–Crippen MR) is 110 cm³/mol. The number of rotatable bonds is 5. The number of hydrogen-bond donors (Lipinski definition) is 0. The Kier molecular flexibility index (Phi) is 6.02. The van der Waals surface area contributed by atoms with Gasteiger partial charge in [-0.25, -0.2) is 4.39 Å². The first-order valence-electron chi connectivity index (χ1n) is 10.1. The standard InChI is InChI=1S/C23H25ClFNO3/c1-16(22(27)17-2-8-21(25)9-3-17)26-12-10-19(11-13-26)23(28-14-15-29-23)18-4-6-20(24)7-5-18/h2-9,16,19H,10-15H2,1H3. The first-order valence-corrected chi connectivity index (χ1v) is 10.5. The lowest BCUT2D eigenvalue weighted by molar-refractivity contribution is -0.214. The van der Waals surface area contributed by atoms with E-state index < -0.39 is 5.79 Å². The summed E-state index contributed by atoms with van der Waals surface area (Å²) in [6, 6.07) is 13.2. The molecule has 29 heavy (non-hydrogen) atoms. The molecule has 0 amide bonds. The Labute approximate surface area is 175 Å². The summed E-state index contributed by atoms with van der Waals surface area (Å²) < 4.78 is 25.4. The molecule has 6 heteroatoms. The number of ketones is 1. The van der Waals surface area contributed by atoms with Crippen LogP contribution in [0.25, 0.3) is 0 Å². The third kappa shape index (κ3) is 4.10. The van der Waals surface area contributed by atoms with Crippen molar-refractivity contribution in [3.05, 3.63) is 70.5 Å². The lowest BCUT2D eigenvalue weighted by atomic mass is 9.83. The lowest BCUT2D eigenvalue weighted by Gasteiger charge is -2.42. The Morgan fingerprint density at radius 1 is 1.07 bits per heavy atom. The molecule has 2 heterocycles. The molecule has 0 spiro atoms. The fraction of sp³-hybridized carbons (Fsp3) is 0.435. The predicted octanol–water partition coefficient (Wildman–Crippen LogP) is 4.66. The van der Waals surface area contributed by atoms with Gasteiger partial charge in [0.2, 0.25) is 0 Å². The van der Waals surface area contributed by atoms with E-state index in [0.29, 0.717) is 23.8 Å². The quantitative estimate of drug-likeness (QED) is 0.663. The first-order chi connectivity index (χ1) is 14.0. The zero-order valence-electron chi connectivity index (χ0n) is 16.4. The molecule has 0 saturated carbocycles. The minimum atomic E-state index is -0.735. The van der Waals surface area contributed by atoms with Crippen molar-refractivity contribution >= 4 is 17.4 Å². The Hall–Kier alpha value is -1.79. The molecule has 0 N–H and O–H groups in total. The number of ether oxygens (including phenoxy) is 2. The minimum Gasteiger partial charge on any atom is -0.343 e.